The lowest BCUT2D eigenvalue weighted by molar-refractivity contribution is -0.115. The summed E-state index contributed by atoms with van der Waals surface area (Å²) in [6.45, 7) is 3.25. The first kappa shape index (κ1) is 20.4. The molecule has 2 rings (SSSR count). The van der Waals surface area contributed by atoms with E-state index in [0.717, 1.165) is 17.5 Å². The van der Waals surface area contributed by atoms with Crippen LogP contribution in [-0.4, -0.2) is 27.3 Å². The Morgan fingerprint density at radius 3 is 2.30 bits per heavy atom. The van der Waals surface area contributed by atoms with Gasteiger partial charge in [0.05, 0.1) is 17.0 Å². The van der Waals surface area contributed by atoms with E-state index in [1.165, 1.54) is 24.3 Å². The van der Waals surface area contributed by atoms with Gasteiger partial charge in [-0.05, 0) is 30.3 Å². The number of carbonyl (C=O) groups is 1. The van der Waals surface area contributed by atoms with Crippen molar-refractivity contribution in [3.8, 4) is 0 Å². The Balaban J connectivity index is 2.30. The van der Waals surface area contributed by atoms with Crippen LogP contribution in [-0.2, 0) is 31.2 Å². The van der Waals surface area contributed by atoms with Crippen LogP contribution in [0.5, 0.6) is 0 Å². The molecule has 0 aromatic heterocycles. The Kier molecular flexibility index (Phi) is 5.59. The van der Waals surface area contributed by atoms with Gasteiger partial charge in [-0.25, -0.2) is 8.42 Å². The maximum atomic E-state index is 12.3. The summed E-state index contributed by atoms with van der Waals surface area (Å²) in [5.41, 5.74) is 11.5. The van der Waals surface area contributed by atoms with Gasteiger partial charge in [-0.1, -0.05) is 12.6 Å². The number of nitrogens with two attached hydrogens (primary N) is 2. The molecule has 0 atom stereocenters. The van der Waals surface area contributed by atoms with E-state index < -0.39 is 30.8 Å². The largest absolute Gasteiger partial charge is 0.398 e. The standard InChI is InChI=1S/C16H17N3O6S2/c1-2-26(21,22)14-5-3-4-12(17)11(14)9-16(20)19-10-6-7-15(13(18)8-10)27(23,24)25/h2-8H,1,9,17-18H2,(H,19,20)(H,23,24,25). The lowest BCUT2D eigenvalue weighted by Gasteiger charge is -2.12. The van der Waals surface area contributed by atoms with Crippen molar-refractivity contribution in [2.45, 2.75) is 16.2 Å². The molecule has 2 aromatic carbocycles. The van der Waals surface area contributed by atoms with Crippen molar-refractivity contribution in [1.29, 1.82) is 0 Å². The van der Waals surface area contributed by atoms with E-state index >= 15 is 0 Å². The van der Waals surface area contributed by atoms with Crippen LogP contribution >= 0.6 is 0 Å². The van der Waals surface area contributed by atoms with Gasteiger partial charge >= 0.3 is 0 Å². The monoisotopic (exact) mass is 411 g/mol. The maximum Gasteiger partial charge on any atom is 0.296 e. The Labute approximate surface area is 156 Å². The summed E-state index contributed by atoms with van der Waals surface area (Å²) in [6, 6.07) is 7.63. The van der Waals surface area contributed by atoms with Crippen molar-refractivity contribution < 1.29 is 26.2 Å². The highest BCUT2D eigenvalue weighted by Crippen LogP contribution is 2.25. The third-order valence-electron chi connectivity index (χ3n) is 3.60. The summed E-state index contributed by atoms with van der Waals surface area (Å²) in [4.78, 5) is 11.7. The molecule has 0 bridgehead atoms. The molecule has 0 heterocycles. The maximum absolute atomic E-state index is 12.3. The molecule has 0 aliphatic rings. The van der Waals surface area contributed by atoms with Gasteiger partial charge < -0.3 is 16.8 Å². The zero-order valence-electron chi connectivity index (χ0n) is 13.9. The third kappa shape index (κ3) is 4.64. The second-order valence-electron chi connectivity index (χ2n) is 5.49. The molecule has 0 saturated carbocycles. The average Bonchev–Trinajstić information content (AvgIpc) is 2.55. The van der Waals surface area contributed by atoms with Gasteiger partial charge in [-0.2, -0.15) is 8.42 Å². The van der Waals surface area contributed by atoms with Gasteiger partial charge in [-0.3, -0.25) is 9.35 Å². The number of carbonyl (C=O) groups excluding carboxylic acids is 1. The summed E-state index contributed by atoms with van der Waals surface area (Å²) in [7, 11) is -8.30. The van der Waals surface area contributed by atoms with Crippen molar-refractivity contribution in [2.75, 3.05) is 16.8 Å². The van der Waals surface area contributed by atoms with Gasteiger partial charge in [0.25, 0.3) is 10.1 Å². The smallest absolute Gasteiger partial charge is 0.296 e. The lowest BCUT2D eigenvalue weighted by Crippen LogP contribution is -2.17. The number of hydrogen-bond acceptors (Lipinski definition) is 7. The van der Waals surface area contributed by atoms with Crippen LogP contribution in [0.25, 0.3) is 0 Å². The van der Waals surface area contributed by atoms with E-state index in [-0.39, 0.29) is 33.9 Å². The van der Waals surface area contributed by atoms with E-state index in [9.17, 15) is 21.6 Å². The molecule has 0 aliphatic heterocycles. The number of nitrogen functional groups attached to an aromatic ring is 2. The number of rotatable bonds is 6. The van der Waals surface area contributed by atoms with E-state index in [1.807, 2.05) is 0 Å². The van der Waals surface area contributed by atoms with Crippen LogP contribution in [0.1, 0.15) is 5.56 Å². The Morgan fingerprint density at radius 2 is 1.74 bits per heavy atom. The minimum absolute atomic E-state index is 0.109. The molecule has 11 heteroatoms. The fourth-order valence-corrected chi connectivity index (χ4v) is 3.93. The van der Waals surface area contributed by atoms with E-state index in [0.29, 0.717) is 0 Å². The van der Waals surface area contributed by atoms with Crippen molar-refractivity contribution in [2.24, 2.45) is 0 Å². The van der Waals surface area contributed by atoms with Crippen LogP contribution in [0.4, 0.5) is 17.1 Å². The molecule has 2 aromatic rings. The zero-order chi connectivity index (χ0) is 20.4. The SMILES string of the molecule is C=CS(=O)(=O)c1cccc(N)c1CC(=O)Nc1ccc(S(=O)(=O)O)c(N)c1. The first-order valence-electron chi connectivity index (χ1n) is 7.37. The van der Waals surface area contributed by atoms with Crippen molar-refractivity contribution >= 4 is 42.9 Å². The number of hydrogen-bond donors (Lipinski definition) is 4. The topological polar surface area (TPSA) is 170 Å². The minimum Gasteiger partial charge on any atom is -0.398 e. The lowest BCUT2D eigenvalue weighted by atomic mass is 10.1. The van der Waals surface area contributed by atoms with E-state index in [1.54, 1.807) is 0 Å². The van der Waals surface area contributed by atoms with Crippen LogP contribution in [0.2, 0.25) is 0 Å². The van der Waals surface area contributed by atoms with Gasteiger partial charge in [0.15, 0.2) is 9.84 Å². The van der Waals surface area contributed by atoms with Crippen LogP contribution in [0, 0.1) is 0 Å². The van der Waals surface area contributed by atoms with E-state index in [4.69, 9.17) is 16.0 Å². The highest BCUT2D eigenvalue weighted by atomic mass is 32.2. The minimum atomic E-state index is -4.49. The molecule has 0 unspecified atom stereocenters. The summed E-state index contributed by atoms with van der Waals surface area (Å²) in [5, 5.41) is 3.22. The van der Waals surface area contributed by atoms with Gasteiger partial charge in [0.1, 0.15) is 4.90 Å². The normalized spacial score (nSPS) is 11.7. The molecule has 144 valence electrons. The summed E-state index contributed by atoms with van der Waals surface area (Å²) < 4.78 is 55.5. The average molecular weight is 411 g/mol. The second kappa shape index (κ2) is 7.39. The van der Waals surface area contributed by atoms with Crippen LogP contribution in [0.3, 0.4) is 0 Å². The molecule has 1 amide bonds. The molecule has 0 aliphatic carbocycles. The quantitative estimate of drug-likeness (QED) is 0.406. The molecule has 27 heavy (non-hydrogen) atoms. The first-order valence-corrected chi connectivity index (χ1v) is 10.4. The molecule has 0 radical (unpaired) electrons. The predicted molar refractivity (Wildman–Crippen MR) is 101 cm³/mol. The molecule has 0 saturated heterocycles. The number of amides is 1. The zero-order valence-corrected chi connectivity index (χ0v) is 15.5. The number of benzene rings is 2. The summed E-state index contributed by atoms with van der Waals surface area (Å²) >= 11 is 0. The summed E-state index contributed by atoms with van der Waals surface area (Å²) in [5.74, 6) is -0.604. The molecule has 9 nitrogen and oxygen atoms in total. The van der Waals surface area contributed by atoms with Crippen molar-refractivity contribution in [3.05, 3.63) is 53.9 Å². The third-order valence-corrected chi connectivity index (χ3v) is 5.97. The molecular formula is C16H17N3O6S2. The van der Waals surface area contributed by atoms with Gasteiger partial charge in [0.2, 0.25) is 5.91 Å². The number of anilines is 3. The van der Waals surface area contributed by atoms with Gasteiger partial charge in [-0.15, -0.1) is 0 Å². The first-order chi connectivity index (χ1) is 12.5. The summed E-state index contributed by atoms with van der Waals surface area (Å²) in [6.07, 6.45) is -0.352. The van der Waals surface area contributed by atoms with Gasteiger partial charge in [0, 0.05) is 22.3 Å². The molecule has 0 fully saturated rings. The van der Waals surface area contributed by atoms with Crippen LogP contribution < -0.4 is 16.8 Å². The molecular weight excluding hydrogens is 394 g/mol. The van der Waals surface area contributed by atoms with Crippen molar-refractivity contribution in [3.63, 3.8) is 0 Å². The highest BCUT2D eigenvalue weighted by Gasteiger charge is 2.20. The number of sulfone groups is 1. The Bertz CT molecular complexity index is 1120. The fraction of sp³-hybridized carbons (Fsp3) is 0.0625. The fourth-order valence-electron chi connectivity index (χ4n) is 2.36. The Hall–Kier alpha value is -2.89. The van der Waals surface area contributed by atoms with Crippen LogP contribution in [0.15, 0.2) is 58.2 Å². The molecule has 0 spiro atoms. The van der Waals surface area contributed by atoms with Crippen molar-refractivity contribution in [1.82, 2.24) is 0 Å². The second-order valence-corrected chi connectivity index (χ2v) is 8.74. The predicted octanol–water partition coefficient (Wildman–Crippen LogP) is 1.20. The highest BCUT2D eigenvalue weighted by molar-refractivity contribution is 7.94. The van der Waals surface area contributed by atoms with E-state index in [2.05, 4.69) is 11.9 Å². The molecule has 6 N–H and O–H groups in total. The number of nitrogens with one attached hydrogen (secondary N) is 1. The Morgan fingerprint density at radius 1 is 1.07 bits per heavy atom.